The van der Waals surface area contributed by atoms with E-state index in [1.165, 1.54) is 0 Å². The van der Waals surface area contributed by atoms with Crippen LogP contribution in [0.2, 0.25) is 0 Å². The lowest BCUT2D eigenvalue weighted by Gasteiger charge is -2.24. The third kappa shape index (κ3) is 2.53. The van der Waals surface area contributed by atoms with Crippen LogP contribution in [0.1, 0.15) is 36.8 Å². The minimum Gasteiger partial charge on any atom is -0.392 e. The molecule has 1 aromatic rings. The first-order chi connectivity index (χ1) is 10.4. The Morgan fingerprint density at radius 2 is 2.00 bits per heavy atom. The molecule has 3 rings (SSSR count). The molecule has 0 N–H and O–H groups in total. The number of halogens is 3. The lowest BCUT2D eigenvalue weighted by Crippen LogP contribution is -2.28. The van der Waals surface area contributed by atoms with Gasteiger partial charge in [0.05, 0.1) is 16.2 Å². The van der Waals surface area contributed by atoms with Crippen molar-refractivity contribution >= 4 is 11.4 Å². The van der Waals surface area contributed by atoms with Crippen molar-refractivity contribution in [1.82, 2.24) is 0 Å². The molecule has 1 aliphatic carbocycles. The minimum atomic E-state index is -4.68. The zero-order valence-corrected chi connectivity index (χ0v) is 11.5. The summed E-state index contributed by atoms with van der Waals surface area (Å²) in [5.41, 5.74) is -1.48. The fourth-order valence-corrected chi connectivity index (χ4v) is 3.08. The minimum absolute atomic E-state index is 0.118. The molecule has 118 valence electrons. The monoisotopic (exact) mass is 314 g/mol. The van der Waals surface area contributed by atoms with Gasteiger partial charge in [0, 0.05) is 23.6 Å². The summed E-state index contributed by atoms with van der Waals surface area (Å²) in [5, 5.41) is 14.6. The van der Waals surface area contributed by atoms with Crippen LogP contribution in [0, 0.1) is 16.0 Å². The average Bonchev–Trinajstić information content (AvgIpc) is 2.89. The number of hydrogen-bond acceptors (Lipinski definition) is 4. The molecule has 0 unspecified atom stereocenters. The summed E-state index contributed by atoms with van der Waals surface area (Å²) in [6, 6.07) is 2.76. The molecule has 2 atom stereocenters. The van der Waals surface area contributed by atoms with Gasteiger partial charge in [-0.2, -0.15) is 13.2 Å². The zero-order chi connectivity index (χ0) is 15.9. The maximum atomic E-state index is 13.3. The quantitative estimate of drug-likeness (QED) is 0.614. The van der Waals surface area contributed by atoms with Gasteiger partial charge in [-0.3, -0.25) is 10.1 Å². The summed E-state index contributed by atoms with van der Waals surface area (Å²) in [6.45, 7) is 0. The molecule has 0 saturated heterocycles. The highest BCUT2D eigenvalue weighted by Crippen LogP contribution is 2.40. The smallest absolute Gasteiger partial charge is 0.392 e. The number of nitrogens with zero attached hydrogens (tertiary/aromatic N) is 2. The number of nitro groups is 1. The van der Waals surface area contributed by atoms with Crippen molar-refractivity contribution in [3.8, 4) is 0 Å². The topological polar surface area (TPSA) is 64.7 Å². The standard InChI is InChI=1S/C14H13F3N2O3/c15-14(16,17)11-7-8(19(20)21)5-6-9(11)13-10-3-1-2-4-12(10)22-18-13/h5-7,10,12H,1-4H2/t10-,12+/m0/s1. The summed E-state index contributed by atoms with van der Waals surface area (Å²) in [7, 11) is 0. The number of non-ortho nitro benzene ring substituents is 1. The van der Waals surface area contributed by atoms with Crippen molar-refractivity contribution in [2.24, 2.45) is 11.1 Å². The van der Waals surface area contributed by atoms with Crippen molar-refractivity contribution < 1.29 is 22.9 Å². The Morgan fingerprint density at radius 1 is 1.27 bits per heavy atom. The van der Waals surface area contributed by atoms with Gasteiger partial charge in [-0.05, 0) is 25.3 Å². The van der Waals surface area contributed by atoms with E-state index in [2.05, 4.69) is 5.16 Å². The summed E-state index contributed by atoms with van der Waals surface area (Å²) in [6.07, 6.45) is -1.49. The maximum absolute atomic E-state index is 13.3. The van der Waals surface area contributed by atoms with Crippen LogP contribution < -0.4 is 0 Å². The van der Waals surface area contributed by atoms with Gasteiger partial charge in [0.25, 0.3) is 5.69 Å². The number of oxime groups is 1. The molecule has 8 heteroatoms. The summed E-state index contributed by atoms with van der Waals surface area (Å²) in [4.78, 5) is 15.1. The van der Waals surface area contributed by atoms with Gasteiger partial charge in [-0.25, -0.2) is 0 Å². The molecule has 0 radical (unpaired) electrons. The van der Waals surface area contributed by atoms with Gasteiger partial charge in [-0.1, -0.05) is 11.6 Å². The second-order valence-electron chi connectivity index (χ2n) is 5.50. The predicted molar refractivity (Wildman–Crippen MR) is 71.5 cm³/mol. The van der Waals surface area contributed by atoms with E-state index in [1.807, 2.05) is 0 Å². The lowest BCUT2D eigenvalue weighted by molar-refractivity contribution is -0.385. The predicted octanol–water partition coefficient (Wildman–Crippen LogP) is 3.91. The highest BCUT2D eigenvalue weighted by Gasteiger charge is 2.42. The van der Waals surface area contributed by atoms with E-state index in [9.17, 15) is 23.3 Å². The van der Waals surface area contributed by atoms with E-state index >= 15 is 0 Å². The third-order valence-corrected chi connectivity index (χ3v) is 4.14. The van der Waals surface area contributed by atoms with Gasteiger partial charge in [0.2, 0.25) is 0 Å². The fourth-order valence-electron chi connectivity index (χ4n) is 3.08. The second-order valence-corrected chi connectivity index (χ2v) is 5.50. The molecule has 0 amide bonds. The number of fused-ring (bicyclic) bond motifs is 1. The van der Waals surface area contributed by atoms with E-state index < -0.39 is 22.4 Å². The van der Waals surface area contributed by atoms with E-state index in [0.29, 0.717) is 6.07 Å². The van der Waals surface area contributed by atoms with Crippen LogP contribution in [-0.4, -0.2) is 16.7 Å². The zero-order valence-electron chi connectivity index (χ0n) is 11.5. The third-order valence-electron chi connectivity index (χ3n) is 4.14. The van der Waals surface area contributed by atoms with E-state index in [-0.39, 0.29) is 23.3 Å². The number of nitro benzene ring substituents is 1. The van der Waals surface area contributed by atoms with Crippen LogP contribution in [-0.2, 0) is 11.0 Å². The van der Waals surface area contributed by atoms with Crippen LogP contribution >= 0.6 is 0 Å². The molecule has 1 aliphatic heterocycles. The molecular formula is C14H13F3N2O3. The molecule has 22 heavy (non-hydrogen) atoms. The average molecular weight is 314 g/mol. The Labute approximate surface area is 123 Å². The summed E-state index contributed by atoms with van der Waals surface area (Å²) < 4.78 is 39.8. The van der Waals surface area contributed by atoms with E-state index in [4.69, 9.17) is 4.84 Å². The van der Waals surface area contributed by atoms with Crippen molar-refractivity contribution in [1.29, 1.82) is 0 Å². The molecule has 0 bridgehead atoms. The first-order valence-corrected chi connectivity index (χ1v) is 6.97. The van der Waals surface area contributed by atoms with Crippen LogP contribution in [0.25, 0.3) is 0 Å². The molecule has 0 aromatic heterocycles. The Kier molecular flexibility index (Phi) is 3.54. The molecule has 1 fully saturated rings. The van der Waals surface area contributed by atoms with Crippen molar-refractivity contribution in [2.45, 2.75) is 38.0 Å². The Morgan fingerprint density at radius 3 is 2.68 bits per heavy atom. The van der Waals surface area contributed by atoms with Crippen molar-refractivity contribution in [3.05, 3.63) is 39.4 Å². The number of benzene rings is 1. The normalized spacial score (nSPS) is 24.4. The number of alkyl halides is 3. The highest BCUT2D eigenvalue weighted by molar-refractivity contribution is 6.04. The molecule has 1 heterocycles. The second kappa shape index (κ2) is 5.26. The maximum Gasteiger partial charge on any atom is 0.417 e. The van der Waals surface area contributed by atoms with E-state index in [0.717, 1.165) is 37.8 Å². The van der Waals surface area contributed by atoms with Gasteiger partial charge < -0.3 is 4.84 Å². The van der Waals surface area contributed by atoms with E-state index in [1.54, 1.807) is 0 Å². The largest absolute Gasteiger partial charge is 0.417 e. The van der Waals surface area contributed by atoms with Gasteiger partial charge in [0.1, 0.15) is 6.10 Å². The molecule has 1 aromatic carbocycles. The number of hydrogen-bond donors (Lipinski definition) is 0. The summed E-state index contributed by atoms with van der Waals surface area (Å²) >= 11 is 0. The van der Waals surface area contributed by atoms with Gasteiger partial charge in [-0.15, -0.1) is 0 Å². The lowest BCUT2D eigenvalue weighted by atomic mass is 9.80. The van der Waals surface area contributed by atoms with Crippen molar-refractivity contribution in [2.75, 3.05) is 0 Å². The first kappa shape index (κ1) is 14.8. The van der Waals surface area contributed by atoms with Crippen LogP contribution in [0.5, 0.6) is 0 Å². The Bertz CT molecular complexity index is 643. The Balaban J connectivity index is 2.05. The molecular weight excluding hydrogens is 301 g/mol. The SMILES string of the molecule is O=[N+]([O-])c1ccc(C2=NO[C@@H]3CCCC[C@H]23)c(C(F)(F)F)c1. The molecule has 5 nitrogen and oxygen atoms in total. The highest BCUT2D eigenvalue weighted by atomic mass is 19.4. The molecule has 2 aliphatic rings. The van der Waals surface area contributed by atoms with Gasteiger partial charge >= 0.3 is 6.18 Å². The van der Waals surface area contributed by atoms with Crippen molar-refractivity contribution in [3.63, 3.8) is 0 Å². The summed E-state index contributed by atoms with van der Waals surface area (Å²) in [5.74, 6) is -0.170. The Hall–Kier alpha value is -2.12. The van der Waals surface area contributed by atoms with Crippen LogP contribution in [0.15, 0.2) is 23.4 Å². The van der Waals surface area contributed by atoms with Gasteiger partial charge in [0.15, 0.2) is 0 Å². The van der Waals surface area contributed by atoms with Crippen LogP contribution in [0.3, 0.4) is 0 Å². The first-order valence-electron chi connectivity index (χ1n) is 6.97. The van der Waals surface area contributed by atoms with Crippen LogP contribution in [0.4, 0.5) is 18.9 Å². The molecule has 1 saturated carbocycles. The number of rotatable bonds is 2. The molecule has 0 spiro atoms. The fraction of sp³-hybridized carbons (Fsp3) is 0.500.